The van der Waals surface area contributed by atoms with E-state index in [0.717, 1.165) is 30.8 Å². The van der Waals surface area contributed by atoms with Crippen molar-refractivity contribution in [1.29, 1.82) is 0 Å². The van der Waals surface area contributed by atoms with Crippen LogP contribution < -0.4 is 10.6 Å². The van der Waals surface area contributed by atoms with Crippen LogP contribution in [-0.2, 0) is 18.4 Å². The van der Waals surface area contributed by atoms with Crippen LogP contribution in [0.1, 0.15) is 18.4 Å². The van der Waals surface area contributed by atoms with Gasteiger partial charge in [-0.2, -0.15) is 5.10 Å². The molecule has 0 aliphatic rings. The molecule has 2 N–H and O–H groups in total. The van der Waals surface area contributed by atoms with Gasteiger partial charge >= 0.3 is 0 Å². The van der Waals surface area contributed by atoms with E-state index in [-0.39, 0.29) is 5.91 Å². The fraction of sp³-hybridized carbons (Fsp3) is 0.333. The van der Waals surface area contributed by atoms with Gasteiger partial charge in [0.2, 0.25) is 5.91 Å². The van der Waals surface area contributed by atoms with Crippen molar-refractivity contribution in [3.05, 3.63) is 47.2 Å². The van der Waals surface area contributed by atoms with E-state index in [1.165, 1.54) is 0 Å². The van der Waals surface area contributed by atoms with Crippen molar-refractivity contribution in [3.8, 4) is 0 Å². The smallest absolute Gasteiger partial charge is 0.224 e. The van der Waals surface area contributed by atoms with Gasteiger partial charge in [-0.1, -0.05) is 11.6 Å². The zero-order valence-electron chi connectivity index (χ0n) is 12.0. The van der Waals surface area contributed by atoms with Gasteiger partial charge in [0, 0.05) is 42.5 Å². The first-order valence-corrected chi connectivity index (χ1v) is 7.25. The fourth-order valence-corrected chi connectivity index (χ4v) is 2.05. The number of nitrogens with zero attached hydrogens (tertiary/aromatic N) is 2. The Morgan fingerprint density at radius 1 is 1.33 bits per heavy atom. The molecule has 5 nitrogen and oxygen atoms in total. The van der Waals surface area contributed by atoms with Crippen LogP contribution in [-0.4, -0.2) is 22.2 Å². The van der Waals surface area contributed by atoms with Gasteiger partial charge in [-0.25, -0.2) is 0 Å². The van der Waals surface area contributed by atoms with Gasteiger partial charge in [0.15, 0.2) is 0 Å². The van der Waals surface area contributed by atoms with Crippen LogP contribution in [0.5, 0.6) is 0 Å². The summed E-state index contributed by atoms with van der Waals surface area (Å²) in [6.07, 6.45) is 5.09. The molecule has 0 aliphatic carbocycles. The standard InChI is InChI=1S/C15H19ClN4O/c1-20-11-12(10-18-20)9-17-8-2-3-15(21)19-14-6-4-13(16)5-7-14/h4-7,10-11,17H,2-3,8-9H2,1H3,(H,19,21). The van der Waals surface area contributed by atoms with E-state index in [2.05, 4.69) is 15.7 Å². The number of halogens is 1. The van der Waals surface area contributed by atoms with Crippen LogP contribution in [0.25, 0.3) is 0 Å². The van der Waals surface area contributed by atoms with Gasteiger partial charge in [0.1, 0.15) is 0 Å². The molecule has 1 amide bonds. The number of amides is 1. The molecular weight excluding hydrogens is 288 g/mol. The van der Waals surface area contributed by atoms with Crippen molar-refractivity contribution < 1.29 is 4.79 Å². The molecule has 1 aromatic carbocycles. The van der Waals surface area contributed by atoms with Gasteiger partial charge < -0.3 is 10.6 Å². The zero-order chi connectivity index (χ0) is 15.1. The number of hydrogen-bond donors (Lipinski definition) is 2. The molecule has 1 aromatic heterocycles. The van der Waals surface area contributed by atoms with Gasteiger partial charge in [-0.15, -0.1) is 0 Å². The Kier molecular flexibility index (Phi) is 5.78. The summed E-state index contributed by atoms with van der Waals surface area (Å²) >= 11 is 5.79. The minimum Gasteiger partial charge on any atom is -0.326 e. The number of anilines is 1. The Labute approximate surface area is 129 Å². The molecule has 0 saturated heterocycles. The maximum absolute atomic E-state index is 11.7. The molecule has 0 spiro atoms. The van der Waals surface area contributed by atoms with Crippen molar-refractivity contribution >= 4 is 23.2 Å². The van der Waals surface area contributed by atoms with E-state index >= 15 is 0 Å². The number of aromatic nitrogens is 2. The predicted molar refractivity (Wildman–Crippen MR) is 84.2 cm³/mol. The molecule has 0 saturated carbocycles. The molecule has 112 valence electrons. The van der Waals surface area contributed by atoms with E-state index in [1.807, 2.05) is 19.4 Å². The highest BCUT2D eigenvalue weighted by Crippen LogP contribution is 2.13. The molecular formula is C15H19ClN4O. The quantitative estimate of drug-likeness (QED) is 0.773. The second-order valence-corrected chi connectivity index (χ2v) is 5.29. The lowest BCUT2D eigenvalue weighted by Crippen LogP contribution is -2.18. The molecule has 0 radical (unpaired) electrons. The summed E-state index contributed by atoms with van der Waals surface area (Å²) < 4.78 is 1.77. The summed E-state index contributed by atoms with van der Waals surface area (Å²) in [5, 5.41) is 10.9. The Hall–Kier alpha value is -1.85. The Morgan fingerprint density at radius 3 is 2.76 bits per heavy atom. The minimum absolute atomic E-state index is 0.0144. The number of benzene rings is 1. The number of carbonyl (C=O) groups excluding carboxylic acids is 1. The predicted octanol–water partition coefficient (Wildman–Crippen LogP) is 2.58. The van der Waals surface area contributed by atoms with Gasteiger partial charge in [0.25, 0.3) is 0 Å². The summed E-state index contributed by atoms with van der Waals surface area (Å²) in [5.74, 6) is 0.0144. The van der Waals surface area contributed by atoms with E-state index < -0.39 is 0 Å². The first-order valence-electron chi connectivity index (χ1n) is 6.87. The third-order valence-electron chi connectivity index (χ3n) is 2.97. The summed E-state index contributed by atoms with van der Waals surface area (Å²) in [6.45, 7) is 1.57. The Balaban J connectivity index is 1.60. The van der Waals surface area contributed by atoms with Crippen molar-refractivity contribution in [2.45, 2.75) is 19.4 Å². The van der Waals surface area contributed by atoms with E-state index in [9.17, 15) is 4.79 Å². The molecule has 0 unspecified atom stereocenters. The average Bonchev–Trinajstić information content (AvgIpc) is 2.87. The van der Waals surface area contributed by atoms with Crippen LogP contribution in [0.4, 0.5) is 5.69 Å². The Bertz CT molecular complexity index is 580. The number of carbonyl (C=O) groups is 1. The van der Waals surface area contributed by atoms with Crippen LogP contribution in [0.15, 0.2) is 36.7 Å². The van der Waals surface area contributed by atoms with Gasteiger partial charge in [-0.05, 0) is 37.2 Å². The molecule has 2 aromatic rings. The second-order valence-electron chi connectivity index (χ2n) is 4.86. The van der Waals surface area contributed by atoms with Crippen molar-refractivity contribution in [2.75, 3.05) is 11.9 Å². The van der Waals surface area contributed by atoms with Crippen molar-refractivity contribution in [3.63, 3.8) is 0 Å². The first kappa shape index (κ1) is 15.5. The second kappa shape index (κ2) is 7.81. The van der Waals surface area contributed by atoms with E-state index in [4.69, 9.17) is 11.6 Å². The monoisotopic (exact) mass is 306 g/mol. The van der Waals surface area contributed by atoms with Crippen LogP contribution in [0.3, 0.4) is 0 Å². The number of nitrogens with one attached hydrogen (secondary N) is 2. The molecule has 0 atom stereocenters. The lowest BCUT2D eigenvalue weighted by molar-refractivity contribution is -0.116. The molecule has 0 fully saturated rings. The first-order chi connectivity index (χ1) is 10.1. The number of rotatable bonds is 7. The zero-order valence-corrected chi connectivity index (χ0v) is 12.7. The van der Waals surface area contributed by atoms with E-state index in [0.29, 0.717) is 11.4 Å². The van der Waals surface area contributed by atoms with Crippen LogP contribution >= 0.6 is 11.6 Å². The maximum atomic E-state index is 11.7. The third-order valence-corrected chi connectivity index (χ3v) is 3.22. The SMILES string of the molecule is Cn1cc(CNCCCC(=O)Nc2ccc(Cl)cc2)cn1. The van der Waals surface area contributed by atoms with Crippen molar-refractivity contribution in [1.82, 2.24) is 15.1 Å². The highest BCUT2D eigenvalue weighted by Gasteiger charge is 2.02. The topological polar surface area (TPSA) is 59.0 Å². The summed E-state index contributed by atoms with van der Waals surface area (Å²) in [6, 6.07) is 7.10. The average molecular weight is 307 g/mol. The summed E-state index contributed by atoms with van der Waals surface area (Å²) in [7, 11) is 1.89. The van der Waals surface area contributed by atoms with Crippen LogP contribution in [0.2, 0.25) is 5.02 Å². The lowest BCUT2D eigenvalue weighted by Gasteiger charge is -2.06. The maximum Gasteiger partial charge on any atom is 0.224 e. The Morgan fingerprint density at radius 2 is 2.10 bits per heavy atom. The third kappa shape index (κ3) is 5.57. The molecule has 0 bridgehead atoms. The molecule has 1 heterocycles. The van der Waals surface area contributed by atoms with E-state index in [1.54, 1.807) is 28.9 Å². The van der Waals surface area contributed by atoms with Crippen LogP contribution in [0, 0.1) is 0 Å². The highest BCUT2D eigenvalue weighted by atomic mass is 35.5. The highest BCUT2D eigenvalue weighted by molar-refractivity contribution is 6.30. The van der Waals surface area contributed by atoms with Gasteiger partial charge in [-0.3, -0.25) is 9.48 Å². The summed E-state index contributed by atoms with van der Waals surface area (Å²) in [5.41, 5.74) is 1.91. The number of aryl methyl sites for hydroxylation is 1. The van der Waals surface area contributed by atoms with Crippen molar-refractivity contribution in [2.24, 2.45) is 7.05 Å². The normalized spacial score (nSPS) is 10.6. The molecule has 0 aliphatic heterocycles. The summed E-state index contributed by atoms with van der Waals surface area (Å²) in [4.78, 5) is 11.7. The minimum atomic E-state index is 0.0144. The fourth-order valence-electron chi connectivity index (χ4n) is 1.93. The molecule has 2 rings (SSSR count). The largest absolute Gasteiger partial charge is 0.326 e. The van der Waals surface area contributed by atoms with Gasteiger partial charge in [0.05, 0.1) is 6.20 Å². The molecule has 6 heteroatoms. The molecule has 21 heavy (non-hydrogen) atoms. The lowest BCUT2D eigenvalue weighted by atomic mass is 10.2. The number of hydrogen-bond acceptors (Lipinski definition) is 3.